The summed E-state index contributed by atoms with van der Waals surface area (Å²) < 4.78 is 7.18. The molecule has 120 valence electrons. The maximum atomic E-state index is 12.5. The van der Waals surface area contributed by atoms with Crippen LogP contribution in [0.1, 0.15) is 24.2 Å². The first-order valence-corrected chi connectivity index (χ1v) is 7.57. The Morgan fingerprint density at radius 1 is 1.36 bits per heavy atom. The first kappa shape index (κ1) is 16.5. The van der Waals surface area contributed by atoms with E-state index in [4.69, 9.17) is 4.74 Å². The predicted octanol–water partition coefficient (Wildman–Crippen LogP) is 2.03. The fraction of sp³-hybridized carbons (Fsp3) is 0.471. The van der Waals surface area contributed by atoms with Gasteiger partial charge in [-0.1, -0.05) is 19.9 Å². The topological polar surface area (TPSA) is 63.5 Å². The molecule has 5 heteroatoms. The number of aliphatic hydroxyl groups excluding tert-OH is 1. The van der Waals surface area contributed by atoms with Crippen LogP contribution in [0.5, 0.6) is 0 Å². The van der Waals surface area contributed by atoms with Gasteiger partial charge in [0.2, 0.25) is 0 Å². The van der Waals surface area contributed by atoms with E-state index in [0.29, 0.717) is 12.2 Å². The molecule has 0 aliphatic rings. The van der Waals surface area contributed by atoms with Gasteiger partial charge >= 0.3 is 0 Å². The van der Waals surface area contributed by atoms with Gasteiger partial charge in [-0.15, -0.1) is 0 Å². The maximum Gasteiger partial charge on any atom is 0.252 e. The second-order valence-corrected chi connectivity index (χ2v) is 5.75. The van der Waals surface area contributed by atoms with Crippen molar-refractivity contribution in [2.24, 2.45) is 5.92 Å². The predicted molar refractivity (Wildman–Crippen MR) is 87.0 cm³/mol. The molecule has 0 saturated carbocycles. The Hall–Kier alpha value is -1.85. The summed E-state index contributed by atoms with van der Waals surface area (Å²) in [6.07, 6.45) is 1.96. The van der Waals surface area contributed by atoms with Crippen LogP contribution in [-0.2, 0) is 11.3 Å². The van der Waals surface area contributed by atoms with E-state index < -0.39 is 0 Å². The lowest BCUT2D eigenvalue weighted by Crippen LogP contribution is -2.41. The van der Waals surface area contributed by atoms with Gasteiger partial charge in [0.1, 0.15) is 0 Å². The van der Waals surface area contributed by atoms with Gasteiger partial charge in [-0.3, -0.25) is 4.79 Å². The van der Waals surface area contributed by atoms with Crippen molar-refractivity contribution in [2.75, 3.05) is 20.3 Å². The quantitative estimate of drug-likeness (QED) is 0.823. The first-order valence-electron chi connectivity index (χ1n) is 7.57. The molecule has 0 saturated heterocycles. The molecule has 0 radical (unpaired) electrons. The number of nitrogens with zero attached hydrogens (tertiary/aromatic N) is 1. The molecule has 1 atom stereocenters. The number of fused-ring (bicyclic) bond motifs is 1. The number of carbonyl (C=O) groups excluding carboxylic acids is 1. The molecule has 2 N–H and O–H groups in total. The number of amides is 1. The van der Waals surface area contributed by atoms with Gasteiger partial charge in [-0.25, -0.2) is 0 Å². The van der Waals surface area contributed by atoms with Crippen LogP contribution >= 0.6 is 0 Å². The summed E-state index contributed by atoms with van der Waals surface area (Å²) in [6.45, 7) is 5.26. The van der Waals surface area contributed by atoms with E-state index in [2.05, 4.69) is 9.88 Å². The molecule has 2 rings (SSSR count). The van der Waals surface area contributed by atoms with Crippen LogP contribution in [0.3, 0.4) is 0 Å². The molecule has 5 nitrogen and oxygen atoms in total. The van der Waals surface area contributed by atoms with Crippen LogP contribution in [-0.4, -0.2) is 41.9 Å². The van der Waals surface area contributed by atoms with E-state index in [1.54, 1.807) is 7.11 Å². The van der Waals surface area contributed by atoms with Crippen molar-refractivity contribution >= 4 is 16.8 Å². The Morgan fingerprint density at radius 3 is 2.77 bits per heavy atom. The summed E-state index contributed by atoms with van der Waals surface area (Å²) in [5.41, 5.74) is 1.64. The molecule has 0 fully saturated rings. The van der Waals surface area contributed by atoms with Crippen molar-refractivity contribution in [3.8, 4) is 0 Å². The number of hydrogen-bond donors (Lipinski definition) is 2. The highest BCUT2D eigenvalue weighted by Crippen LogP contribution is 2.20. The van der Waals surface area contributed by atoms with E-state index in [0.717, 1.165) is 17.4 Å². The van der Waals surface area contributed by atoms with E-state index in [1.807, 2.05) is 44.3 Å². The summed E-state index contributed by atoms with van der Waals surface area (Å²) in [6, 6.07) is 7.40. The molecule has 0 bridgehead atoms. The van der Waals surface area contributed by atoms with Crippen LogP contribution in [0.4, 0.5) is 0 Å². The summed E-state index contributed by atoms with van der Waals surface area (Å²) in [7, 11) is 1.67. The third-order valence-electron chi connectivity index (χ3n) is 3.91. The highest BCUT2D eigenvalue weighted by molar-refractivity contribution is 6.06. The van der Waals surface area contributed by atoms with Crippen LogP contribution < -0.4 is 5.32 Å². The van der Waals surface area contributed by atoms with Crippen molar-refractivity contribution < 1.29 is 14.6 Å². The normalized spacial score (nSPS) is 12.8. The molecule has 0 aliphatic carbocycles. The smallest absolute Gasteiger partial charge is 0.252 e. The van der Waals surface area contributed by atoms with Crippen molar-refractivity contribution in [3.63, 3.8) is 0 Å². The van der Waals surface area contributed by atoms with E-state index in [-0.39, 0.29) is 24.5 Å². The summed E-state index contributed by atoms with van der Waals surface area (Å²) in [5, 5.41) is 13.2. The minimum Gasteiger partial charge on any atom is -0.394 e. The van der Waals surface area contributed by atoms with Gasteiger partial charge in [-0.05, 0) is 24.1 Å². The van der Waals surface area contributed by atoms with Gasteiger partial charge in [-0.2, -0.15) is 0 Å². The molecule has 0 spiro atoms. The summed E-state index contributed by atoms with van der Waals surface area (Å²) in [4.78, 5) is 12.5. The Balaban J connectivity index is 2.27. The Bertz CT molecular complexity index is 634. The second-order valence-electron chi connectivity index (χ2n) is 5.75. The maximum absolute atomic E-state index is 12.5. The van der Waals surface area contributed by atoms with Crippen molar-refractivity contribution in [3.05, 3.63) is 36.0 Å². The second kappa shape index (κ2) is 7.42. The van der Waals surface area contributed by atoms with Crippen LogP contribution in [0.25, 0.3) is 10.9 Å². The minimum atomic E-state index is -0.238. The average Bonchev–Trinajstić information content (AvgIpc) is 2.93. The van der Waals surface area contributed by atoms with E-state index in [9.17, 15) is 9.90 Å². The molecule has 1 unspecified atom stereocenters. The highest BCUT2D eigenvalue weighted by atomic mass is 16.5. The molecular weight excluding hydrogens is 280 g/mol. The third-order valence-corrected chi connectivity index (χ3v) is 3.91. The standard InChI is InChI=1S/C17H24N2O3/c1-12(2)15(11-20)18-17(21)14-5-4-6-16-13(14)7-8-19(16)9-10-22-3/h4-8,12,15,20H,9-11H2,1-3H3,(H,18,21). The summed E-state index contributed by atoms with van der Waals surface area (Å²) in [5.74, 6) is 0.0299. The highest BCUT2D eigenvalue weighted by Gasteiger charge is 2.18. The number of benzene rings is 1. The van der Waals surface area contributed by atoms with Crippen LogP contribution in [0, 0.1) is 5.92 Å². The molecule has 0 aliphatic heterocycles. The lowest BCUT2D eigenvalue weighted by molar-refractivity contribution is 0.0898. The van der Waals surface area contributed by atoms with Crippen molar-refractivity contribution in [2.45, 2.75) is 26.4 Å². The number of carbonyl (C=O) groups is 1. The lowest BCUT2D eigenvalue weighted by Gasteiger charge is -2.20. The molecule has 1 amide bonds. The zero-order valence-corrected chi connectivity index (χ0v) is 13.4. The number of nitrogens with one attached hydrogen (secondary N) is 1. The number of aliphatic hydroxyl groups is 1. The van der Waals surface area contributed by atoms with E-state index in [1.165, 1.54) is 0 Å². The Morgan fingerprint density at radius 2 is 2.14 bits per heavy atom. The molecular formula is C17H24N2O3. The van der Waals surface area contributed by atoms with Gasteiger partial charge in [0, 0.05) is 36.3 Å². The first-order chi connectivity index (χ1) is 10.6. The fourth-order valence-electron chi connectivity index (χ4n) is 2.48. The zero-order chi connectivity index (χ0) is 16.1. The van der Waals surface area contributed by atoms with Gasteiger partial charge in [0.05, 0.1) is 19.3 Å². The summed E-state index contributed by atoms with van der Waals surface area (Å²) >= 11 is 0. The number of ether oxygens (including phenoxy) is 1. The SMILES string of the molecule is COCCn1ccc2c(C(=O)NC(CO)C(C)C)cccc21. The van der Waals surface area contributed by atoms with Gasteiger partial charge in [0.15, 0.2) is 0 Å². The fourth-order valence-corrected chi connectivity index (χ4v) is 2.48. The zero-order valence-electron chi connectivity index (χ0n) is 13.4. The largest absolute Gasteiger partial charge is 0.394 e. The Kier molecular flexibility index (Phi) is 5.57. The number of methoxy groups -OCH3 is 1. The molecule has 1 aromatic heterocycles. The van der Waals surface area contributed by atoms with Crippen molar-refractivity contribution in [1.29, 1.82) is 0 Å². The molecule has 22 heavy (non-hydrogen) atoms. The van der Waals surface area contributed by atoms with Gasteiger partial charge in [0.25, 0.3) is 5.91 Å². The number of rotatable bonds is 7. The third kappa shape index (κ3) is 3.48. The van der Waals surface area contributed by atoms with Crippen LogP contribution in [0.2, 0.25) is 0 Å². The monoisotopic (exact) mass is 304 g/mol. The van der Waals surface area contributed by atoms with Gasteiger partial charge < -0.3 is 19.7 Å². The lowest BCUT2D eigenvalue weighted by atomic mass is 10.0. The average molecular weight is 304 g/mol. The van der Waals surface area contributed by atoms with E-state index >= 15 is 0 Å². The number of aromatic nitrogens is 1. The molecule has 1 aromatic carbocycles. The van der Waals surface area contributed by atoms with Crippen LogP contribution in [0.15, 0.2) is 30.5 Å². The molecule has 1 heterocycles. The number of hydrogen-bond acceptors (Lipinski definition) is 3. The Labute approximate surface area is 130 Å². The van der Waals surface area contributed by atoms with Crippen molar-refractivity contribution in [1.82, 2.24) is 9.88 Å². The molecule has 2 aromatic rings. The minimum absolute atomic E-state index is 0.0613.